The minimum atomic E-state index is 0.346. The summed E-state index contributed by atoms with van der Waals surface area (Å²) in [6.45, 7) is 37.5. The molecule has 5 saturated carbocycles. The molecule has 0 bridgehead atoms. The largest absolute Gasteiger partial charge is 0.0622 e. The first-order chi connectivity index (χ1) is 16.2. The molecule has 0 spiro atoms. The van der Waals surface area contributed by atoms with E-state index in [2.05, 4.69) is 96.9 Å². The standard InChI is InChI=1S/C36H64/c1-23-21-27-33(11)17-15-24(2)30(5,6)26(33)16-18-35(27,13)36(14)20-19-34(12)25(28(23)36)22-29(3,4)31(7,8)32(34,9)10/h23-28H,15-22H2,1-14H3. The molecule has 5 fully saturated rings. The number of rotatable bonds is 0. The van der Waals surface area contributed by atoms with E-state index in [-0.39, 0.29) is 0 Å². The Labute approximate surface area is 226 Å². The zero-order valence-corrected chi connectivity index (χ0v) is 27.1. The lowest BCUT2D eigenvalue weighted by atomic mass is 9.27. The molecule has 10 unspecified atom stereocenters. The summed E-state index contributed by atoms with van der Waals surface area (Å²) in [7, 11) is 0. The van der Waals surface area contributed by atoms with Crippen LogP contribution in [-0.4, -0.2) is 0 Å². The van der Waals surface area contributed by atoms with Crippen LogP contribution in [0.1, 0.15) is 148 Å². The molecule has 36 heavy (non-hydrogen) atoms. The molecule has 208 valence electrons. The zero-order chi connectivity index (χ0) is 27.1. The average molecular weight is 497 g/mol. The molecule has 0 heterocycles. The number of fused-ring (bicyclic) bond motifs is 7. The van der Waals surface area contributed by atoms with Gasteiger partial charge in [-0.15, -0.1) is 0 Å². The van der Waals surface area contributed by atoms with Crippen molar-refractivity contribution in [3.63, 3.8) is 0 Å². The molecule has 5 rings (SSSR count). The van der Waals surface area contributed by atoms with Crippen molar-refractivity contribution in [1.29, 1.82) is 0 Å². The van der Waals surface area contributed by atoms with Crippen LogP contribution in [0, 0.1) is 78.8 Å². The Balaban J connectivity index is 1.60. The smallest absolute Gasteiger partial charge is 0.0235 e. The highest BCUT2D eigenvalue weighted by Gasteiger charge is 2.74. The topological polar surface area (TPSA) is 0 Å². The van der Waals surface area contributed by atoms with E-state index in [0.717, 1.165) is 35.5 Å². The zero-order valence-electron chi connectivity index (χ0n) is 27.1. The van der Waals surface area contributed by atoms with E-state index in [1.165, 1.54) is 51.4 Å². The molecule has 0 nitrogen and oxygen atoms in total. The van der Waals surface area contributed by atoms with Gasteiger partial charge in [0.05, 0.1) is 0 Å². The number of hydrogen-bond donors (Lipinski definition) is 0. The Bertz CT molecular complexity index is 903. The fourth-order valence-corrected chi connectivity index (χ4v) is 13.4. The molecule has 0 saturated heterocycles. The summed E-state index contributed by atoms with van der Waals surface area (Å²) in [4.78, 5) is 0. The predicted molar refractivity (Wildman–Crippen MR) is 157 cm³/mol. The fraction of sp³-hybridized carbons (Fsp3) is 1.00. The maximum atomic E-state index is 2.83. The van der Waals surface area contributed by atoms with Crippen LogP contribution in [0.2, 0.25) is 0 Å². The monoisotopic (exact) mass is 497 g/mol. The molecule has 5 aliphatic carbocycles. The van der Waals surface area contributed by atoms with Gasteiger partial charge in [0.2, 0.25) is 0 Å². The summed E-state index contributed by atoms with van der Waals surface area (Å²) >= 11 is 0. The van der Waals surface area contributed by atoms with Crippen LogP contribution < -0.4 is 0 Å². The average Bonchev–Trinajstić information content (AvgIpc) is 2.74. The lowest BCUT2D eigenvalue weighted by Crippen LogP contribution is -2.71. The highest BCUT2D eigenvalue weighted by Crippen LogP contribution is 2.81. The highest BCUT2D eigenvalue weighted by atomic mass is 14.8. The van der Waals surface area contributed by atoms with Gasteiger partial charge in [-0.3, -0.25) is 0 Å². The third-order valence-corrected chi connectivity index (χ3v) is 17.7. The fourth-order valence-electron chi connectivity index (χ4n) is 13.4. The summed E-state index contributed by atoms with van der Waals surface area (Å²) in [5.41, 5.74) is 3.50. The van der Waals surface area contributed by atoms with Gasteiger partial charge in [0.25, 0.3) is 0 Å². The van der Waals surface area contributed by atoms with Crippen LogP contribution >= 0.6 is 0 Å². The minimum Gasteiger partial charge on any atom is -0.0622 e. The second kappa shape index (κ2) is 7.39. The van der Waals surface area contributed by atoms with E-state index in [4.69, 9.17) is 0 Å². The van der Waals surface area contributed by atoms with Crippen LogP contribution in [0.5, 0.6) is 0 Å². The van der Waals surface area contributed by atoms with Crippen LogP contribution in [0.4, 0.5) is 0 Å². The first-order valence-electron chi connectivity index (χ1n) is 16.2. The molecule has 5 aliphatic rings. The highest BCUT2D eigenvalue weighted by molar-refractivity contribution is 5.22. The van der Waals surface area contributed by atoms with E-state index in [1.54, 1.807) is 0 Å². The van der Waals surface area contributed by atoms with Crippen LogP contribution in [0.25, 0.3) is 0 Å². The summed E-state index contributed by atoms with van der Waals surface area (Å²) < 4.78 is 0. The van der Waals surface area contributed by atoms with Gasteiger partial charge in [-0.1, -0.05) is 96.9 Å². The molecule has 0 aromatic rings. The SMILES string of the molecule is CC1CC2C3(C)CCC(C)C(C)(C)C3CCC2(C)C2(C)CCC3(C)C(CC(C)(C)C(C)(C)C3(C)C)C12. The maximum Gasteiger partial charge on any atom is -0.0235 e. The number of hydrogen-bond acceptors (Lipinski definition) is 0. The van der Waals surface area contributed by atoms with Gasteiger partial charge in [0, 0.05) is 0 Å². The van der Waals surface area contributed by atoms with E-state index in [1.807, 2.05) is 0 Å². The van der Waals surface area contributed by atoms with Gasteiger partial charge < -0.3 is 0 Å². The van der Waals surface area contributed by atoms with Gasteiger partial charge in [-0.05, 0) is 130 Å². The Morgan fingerprint density at radius 1 is 0.556 bits per heavy atom. The quantitative estimate of drug-likeness (QED) is 0.313. The molecular formula is C36H64. The Morgan fingerprint density at radius 3 is 1.75 bits per heavy atom. The maximum absolute atomic E-state index is 2.83. The van der Waals surface area contributed by atoms with E-state index in [0.29, 0.717) is 43.3 Å². The van der Waals surface area contributed by atoms with Crippen molar-refractivity contribution in [2.75, 3.05) is 0 Å². The third kappa shape index (κ3) is 2.85. The summed E-state index contributed by atoms with van der Waals surface area (Å²) in [5, 5.41) is 0. The molecule has 0 N–H and O–H groups in total. The second-order valence-electron chi connectivity index (χ2n) is 18.8. The van der Waals surface area contributed by atoms with Gasteiger partial charge >= 0.3 is 0 Å². The Kier molecular flexibility index (Phi) is 5.66. The van der Waals surface area contributed by atoms with Gasteiger partial charge in [0.15, 0.2) is 0 Å². The van der Waals surface area contributed by atoms with Crippen molar-refractivity contribution in [3.8, 4) is 0 Å². The Morgan fingerprint density at radius 2 is 1.14 bits per heavy atom. The Hall–Kier alpha value is 0. The predicted octanol–water partition coefficient (Wildman–Crippen LogP) is 11.0. The minimum absolute atomic E-state index is 0.346. The third-order valence-electron chi connectivity index (χ3n) is 17.7. The van der Waals surface area contributed by atoms with Crippen LogP contribution in [0.15, 0.2) is 0 Å². The van der Waals surface area contributed by atoms with E-state index < -0.39 is 0 Å². The van der Waals surface area contributed by atoms with Gasteiger partial charge in [0.1, 0.15) is 0 Å². The molecule has 0 aromatic heterocycles. The van der Waals surface area contributed by atoms with Crippen molar-refractivity contribution in [2.24, 2.45) is 78.8 Å². The van der Waals surface area contributed by atoms with Gasteiger partial charge in [-0.25, -0.2) is 0 Å². The molecule has 0 heteroatoms. The molecule has 10 atom stereocenters. The van der Waals surface area contributed by atoms with Crippen molar-refractivity contribution < 1.29 is 0 Å². The summed E-state index contributed by atoms with van der Waals surface area (Å²) in [6, 6.07) is 0. The van der Waals surface area contributed by atoms with Crippen molar-refractivity contribution >= 4 is 0 Å². The molecule has 0 aliphatic heterocycles. The van der Waals surface area contributed by atoms with Crippen LogP contribution in [0.3, 0.4) is 0 Å². The molecular weight excluding hydrogens is 432 g/mol. The second-order valence-corrected chi connectivity index (χ2v) is 18.8. The first-order valence-corrected chi connectivity index (χ1v) is 16.2. The van der Waals surface area contributed by atoms with Crippen molar-refractivity contribution in [3.05, 3.63) is 0 Å². The van der Waals surface area contributed by atoms with Crippen LogP contribution in [-0.2, 0) is 0 Å². The van der Waals surface area contributed by atoms with E-state index >= 15 is 0 Å². The van der Waals surface area contributed by atoms with E-state index in [9.17, 15) is 0 Å². The summed E-state index contributed by atoms with van der Waals surface area (Å²) in [5.74, 6) is 5.26. The van der Waals surface area contributed by atoms with Crippen molar-refractivity contribution in [2.45, 2.75) is 148 Å². The molecule has 0 aromatic carbocycles. The lowest BCUT2D eigenvalue weighted by Gasteiger charge is -2.78. The van der Waals surface area contributed by atoms with Gasteiger partial charge in [-0.2, -0.15) is 0 Å². The van der Waals surface area contributed by atoms with Crippen molar-refractivity contribution in [1.82, 2.24) is 0 Å². The summed E-state index contributed by atoms with van der Waals surface area (Å²) in [6.07, 6.45) is 11.7. The first kappa shape index (κ1) is 27.6. The molecule has 0 radical (unpaired) electrons. The lowest BCUT2D eigenvalue weighted by molar-refractivity contribution is -0.294. The normalized spacial score (nSPS) is 56.5. The molecule has 0 amide bonds.